The Kier molecular flexibility index (Phi) is 6.55. The zero-order valence-electron chi connectivity index (χ0n) is 16.4. The van der Waals surface area contributed by atoms with Crippen molar-refractivity contribution in [3.05, 3.63) is 53.9 Å². The molecule has 0 fully saturated rings. The predicted octanol–water partition coefficient (Wildman–Crippen LogP) is 4.10. The van der Waals surface area contributed by atoms with E-state index in [0.29, 0.717) is 12.5 Å². The lowest BCUT2D eigenvalue weighted by atomic mass is 10.2. The van der Waals surface area contributed by atoms with Crippen molar-refractivity contribution in [3.63, 3.8) is 0 Å². The van der Waals surface area contributed by atoms with Gasteiger partial charge in [0.15, 0.2) is 11.0 Å². The summed E-state index contributed by atoms with van der Waals surface area (Å²) in [5.74, 6) is 3.99. The molecule has 0 N–H and O–H groups in total. The van der Waals surface area contributed by atoms with Gasteiger partial charge in [0, 0.05) is 26.0 Å². The van der Waals surface area contributed by atoms with Crippen LogP contribution in [0.5, 0.6) is 5.75 Å². The average Bonchev–Trinajstić information content (AvgIpc) is 3.24. The number of hydrogen-bond donors (Lipinski definition) is 0. The Balaban J connectivity index is 1.69. The van der Waals surface area contributed by atoms with Crippen LogP contribution in [0.25, 0.3) is 0 Å². The highest BCUT2D eigenvalue weighted by Crippen LogP contribution is 2.23. The summed E-state index contributed by atoms with van der Waals surface area (Å²) in [7, 11) is 2.00. The van der Waals surface area contributed by atoms with Crippen LogP contribution in [0.1, 0.15) is 38.0 Å². The highest BCUT2D eigenvalue weighted by molar-refractivity contribution is 7.98. The lowest BCUT2D eigenvalue weighted by Gasteiger charge is -2.13. The summed E-state index contributed by atoms with van der Waals surface area (Å²) in [5, 5.41) is 9.69. The second kappa shape index (κ2) is 9.08. The first-order valence-corrected chi connectivity index (χ1v) is 10.3. The molecular formula is C20H27N5OS. The fraction of sp³-hybridized carbons (Fsp3) is 0.450. The van der Waals surface area contributed by atoms with Crippen molar-refractivity contribution >= 4 is 11.8 Å². The minimum absolute atomic E-state index is 0.411. The van der Waals surface area contributed by atoms with E-state index in [1.54, 1.807) is 11.8 Å². The van der Waals surface area contributed by atoms with Gasteiger partial charge in [-0.15, -0.1) is 10.2 Å². The van der Waals surface area contributed by atoms with E-state index in [-0.39, 0.29) is 0 Å². The minimum Gasteiger partial charge on any atom is -0.486 e. The number of ether oxygens (including phenoxy) is 1. The summed E-state index contributed by atoms with van der Waals surface area (Å²) in [6.45, 7) is 7.81. The van der Waals surface area contributed by atoms with Crippen LogP contribution in [-0.4, -0.2) is 24.3 Å². The molecule has 2 heterocycles. The molecule has 0 amide bonds. The molecule has 3 aromatic rings. The minimum atomic E-state index is 0.411. The molecular weight excluding hydrogens is 358 g/mol. The van der Waals surface area contributed by atoms with Crippen molar-refractivity contribution in [1.82, 2.24) is 24.3 Å². The lowest BCUT2D eigenvalue weighted by molar-refractivity contribution is 0.284. The maximum atomic E-state index is 5.95. The van der Waals surface area contributed by atoms with Crippen LogP contribution in [-0.2, 0) is 32.4 Å². The van der Waals surface area contributed by atoms with Gasteiger partial charge in [0.05, 0.1) is 5.75 Å². The number of rotatable bonds is 9. The van der Waals surface area contributed by atoms with Gasteiger partial charge in [-0.1, -0.05) is 44.7 Å². The zero-order chi connectivity index (χ0) is 19.2. The molecule has 0 atom stereocenters. The third-order valence-corrected chi connectivity index (χ3v) is 5.25. The number of aryl methyl sites for hydroxylation is 2. The molecule has 0 aliphatic heterocycles. The molecule has 0 bridgehead atoms. The standard InChI is InChI=1S/C20H27N5OS/c1-5-16-6-8-17(9-7-16)26-13-18-22-23-20(25(18)12-15(2)3)27-14-19-21-10-11-24(19)4/h6-11,15H,5,12-14H2,1-4H3. The van der Waals surface area contributed by atoms with Crippen molar-refractivity contribution in [3.8, 4) is 5.75 Å². The number of imidazole rings is 1. The number of benzene rings is 1. The van der Waals surface area contributed by atoms with Crippen LogP contribution >= 0.6 is 11.8 Å². The van der Waals surface area contributed by atoms with E-state index in [1.165, 1.54) is 5.56 Å². The highest BCUT2D eigenvalue weighted by atomic mass is 32.2. The van der Waals surface area contributed by atoms with Crippen molar-refractivity contribution in [2.45, 2.75) is 51.3 Å². The fourth-order valence-corrected chi connectivity index (χ4v) is 3.69. The van der Waals surface area contributed by atoms with Gasteiger partial charge < -0.3 is 13.9 Å². The van der Waals surface area contributed by atoms with Gasteiger partial charge in [-0.05, 0) is 30.0 Å². The molecule has 0 aliphatic rings. The van der Waals surface area contributed by atoms with E-state index in [0.717, 1.165) is 41.3 Å². The molecule has 2 aromatic heterocycles. The molecule has 0 saturated heterocycles. The SMILES string of the molecule is CCc1ccc(OCc2nnc(SCc3nccn3C)n2CC(C)C)cc1. The van der Waals surface area contributed by atoms with Crippen LogP contribution in [0.2, 0.25) is 0 Å². The first kappa shape index (κ1) is 19.5. The molecule has 0 unspecified atom stereocenters. The van der Waals surface area contributed by atoms with Gasteiger partial charge in [-0.3, -0.25) is 0 Å². The Hall–Kier alpha value is -2.28. The Labute approximate surface area is 165 Å². The second-order valence-corrected chi connectivity index (χ2v) is 7.87. The third-order valence-electron chi connectivity index (χ3n) is 4.29. The van der Waals surface area contributed by atoms with E-state index in [9.17, 15) is 0 Å². The van der Waals surface area contributed by atoms with Crippen LogP contribution in [0.3, 0.4) is 0 Å². The van der Waals surface area contributed by atoms with Crippen molar-refractivity contribution < 1.29 is 4.74 Å². The quantitative estimate of drug-likeness (QED) is 0.519. The monoisotopic (exact) mass is 385 g/mol. The number of hydrogen-bond acceptors (Lipinski definition) is 5. The van der Waals surface area contributed by atoms with Gasteiger partial charge in [0.2, 0.25) is 0 Å². The van der Waals surface area contributed by atoms with E-state index in [4.69, 9.17) is 4.74 Å². The second-order valence-electron chi connectivity index (χ2n) is 6.93. The van der Waals surface area contributed by atoms with Crippen molar-refractivity contribution in [1.29, 1.82) is 0 Å². The summed E-state index contributed by atoms with van der Waals surface area (Å²) < 4.78 is 10.1. The van der Waals surface area contributed by atoms with Gasteiger partial charge in [0.25, 0.3) is 0 Å². The Morgan fingerprint density at radius 3 is 2.52 bits per heavy atom. The maximum Gasteiger partial charge on any atom is 0.191 e. The first-order chi connectivity index (χ1) is 13.1. The van der Waals surface area contributed by atoms with Crippen LogP contribution in [0.4, 0.5) is 0 Å². The van der Waals surface area contributed by atoms with Gasteiger partial charge in [-0.2, -0.15) is 0 Å². The van der Waals surface area contributed by atoms with E-state index in [1.807, 2.05) is 36.1 Å². The van der Waals surface area contributed by atoms with Crippen LogP contribution in [0.15, 0.2) is 41.8 Å². The number of aromatic nitrogens is 5. The average molecular weight is 386 g/mol. The van der Waals surface area contributed by atoms with Crippen LogP contribution < -0.4 is 4.74 Å². The molecule has 1 aromatic carbocycles. The maximum absolute atomic E-state index is 5.95. The van der Waals surface area contributed by atoms with Crippen molar-refractivity contribution in [2.75, 3.05) is 0 Å². The Morgan fingerprint density at radius 2 is 1.89 bits per heavy atom. The summed E-state index contributed by atoms with van der Waals surface area (Å²) in [6.07, 6.45) is 4.80. The summed E-state index contributed by atoms with van der Waals surface area (Å²) in [6, 6.07) is 8.22. The molecule has 0 aliphatic carbocycles. The normalized spacial score (nSPS) is 11.3. The first-order valence-electron chi connectivity index (χ1n) is 9.29. The number of thioether (sulfide) groups is 1. The molecule has 27 heavy (non-hydrogen) atoms. The van der Waals surface area contributed by atoms with Gasteiger partial charge in [-0.25, -0.2) is 4.98 Å². The molecule has 0 radical (unpaired) electrons. The van der Waals surface area contributed by atoms with E-state index in [2.05, 4.69) is 52.7 Å². The van der Waals surface area contributed by atoms with Gasteiger partial charge >= 0.3 is 0 Å². The fourth-order valence-electron chi connectivity index (χ4n) is 2.71. The topological polar surface area (TPSA) is 57.8 Å². The van der Waals surface area contributed by atoms with Crippen LogP contribution in [0, 0.1) is 5.92 Å². The highest BCUT2D eigenvalue weighted by Gasteiger charge is 2.15. The molecule has 7 heteroatoms. The summed E-state index contributed by atoms with van der Waals surface area (Å²) in [4.78, 5) is 4.38. The van der Waals surface area contributed by atoms with Gasteiger partial charge in [0.1, 0.15) is 18.2 Å². The summed E-state index contributed by atoms with van der Waals surface area (Å²) in [5.41, 5.74) is 1.30. The Morgan fingerprint density at radius 1 is 1.11 bits per heavy atom. The summed E-state index contributed by atoms with van der Waals surface area (Å²) >= 11 is 1.66. The molecule has 3 rings (SSSR count). The van der Waals surface area contributed by atoms with Crippen molar-refractivity contribution in [2.24, 2.45) is 13.0 Å². The molecule has 0 saturated carbocycles. The zero-order valence-corrected chi connectivity index (χ0v) is 17.2. The smallest absolute Gasteiger partial charge is 0.191 e. The Bertz CT molecular complexity index is 854. The third kappa shape index (κ3) is 5.13. The predicted molar refractivity (Wildman–Crippen MR) is 108 cm³/mol. The van der Waals surface area contributed by atoms with E-state index < -0.39 is 0 Å². The largest absolute Gasteiger partial charge is 0.486 e. The number of nitrogens with zero attached hydrogens (tertiary/aromatic N) is 5. The van der Waals surface area contributed by atoms with E-state index >= 15 is 0 Å². The molecule has 6 nitrogen and oxygen atoms in total. The lowest BCUT2D eigenvalue weighted by Crippen LogP contribution is -2.12. The molecule has 144 valence electrons. The molecule has 0 spiro atoms.